The van der Waals surface area contributed by atoms with Crippen LogP contribution in [0, 0.1) is 69.2 Å². The first-order valence-corrected chi connectivity index (χ1v) is 20.4. The molecule has 0 aliphatic heterocycles. The van der Waals surface area contributed by atoms with Crippen LogP contribution >= 0.6 is 0 Å². The maximum atomic E-state index is 2.38. The summed E-state index contributed by atoms with van der Waals surface area (Å²) in [7, 11) is 0. The Kier molecular flexibility index (Phi) is 11.7. The van der Waals surface area contributed by atoms with E-state index in [1.54, 1.807) is 0 Å². The Bertz CT molecular complexity index is 2440. The highest BCUT2D eigenvalue weighted by Gasteiger charge is 2.17. The van der Waals surface area contributed by atoms with Crippen LogP contribution in [0.1, 0.15) is 77.9 Å². The largest absolute Gasteiger partial charge is 0.310 e. The molecule has 0 N–H and O–H groups in total. The molecule has 0 aliphatic rings. The summed E-state index contributed by atoms with van der Waals surface area (Å²) in [6.45, 7) is 22.0. The molecule has 7 aromatic rings. The summed E-state index contributed by atoms with van der Waals surface area (Å²) in [4.78, 5) is 4.75. The lowest BCUT2D eigenvalue weighted by Gasteiger charge is -2.27. The highest BCUT2D eigenvalue weighted by Crippen LogP contribution is 2.39. The van der Waals surface area contributed by atoms with Crippen LogP contribution in [-0.2, 0) is 0 Å². The first kappa shape index (κ1) is 39.8. The normalized spacial score (nSPS) is 11.5. The Morgan fingerprint density at radius 3 is 0.948 bits per heavy atom. The number of anilines is 6. The summed E-state index contributed by atoms with van der Waals surface area (Å²) in [5, 5.41) is 0. The SMILES string of the molecule is Cc1cccc(N(c2ccc(/C=C/c3ccc(/C=C/c4ccc(N(c5cccc(C)c5)c5cc(C)c(C)c(C)c5)cc4C)cc3)c(C)c2)c2cc(C)c(C)c(C)c2)c1. The fourth-order valence-electron chi connectivity index (χ4n) is 7.77. The van der Waals surface area contributed by atoms with Gasteiger partial charge in [-0.25, -0.2) is 0 Å². The summed E-state index contributed by atoms with van der Waals surface area (Å²) < 4.78 is 0. The molecule has 0 saturated carbocycles. The molecule has 7 rings (SSSR count). The molecule has 2 nitrogen and oxygen atoms in total. The highest BCUT2D eigenvalue weighted by atomic mass is 15.1. The van der Waals surface area contributed by atoms with E-state index in [1.165, 1.54) is 101 Å². The maximum Gasteiger partial charge on any atom is 0.0467 e. The molecule has 58 heavy (non-hydrogen) atoms. The minimum absolute atomic E-state index is 1.16. The molecule has 290 valence electrons. The summed E-state index contributed by atoms with van der Waals surface area (Å²) in [5.74, 6) is 0. The Morgan fingerprint density at radius 1 is 0.293 bits per heavy atom. The van der Waals surface area contributed by atoms with Gasteiger partial charge in [0.15, 0.2) is 0 Å². The molecule has 2 heteroatoms. The van der Waals surface area contributed by atoms with Gasteiger partial charge in [0.2, 0.25) is 0 Å². The summed E-state index contributed by atoms with van der Waals surface area (Å²) in [5.41, 5.74) is 24.6. The molecular formula is C56H56N2. The molecular weight excluding hydrogens is 701 g/mol. The van der Waals surface area contributed by atoms with Crippen molar-refractivity contribution in [3.63, 3.8) is 0 Å². The Balaban J connectivity index is 1.09. The average Bonchev–Trinajstić information content (AvgIpc) is 3.19. The van der Waals surface area contributed by atoms with Crippen LogP contribution in [0.25, 0.3) is 24.3 Å². The predicted octanol–water partition coefficient (Wildman–Crippen LogP) is 16.1. The summed E-state index contributed by atoms with van der Waals surface area (Å²) in [6, 6.07) is 49.1. The lowest BCUT2D eigenvalue weighted by Crippen LogP contribution is -2.11. The zero-order valence-corrected chi connectivity index (χ0v) is 35.9. The lowest BCUT2D eigenvalue weighted by atomic mass is 10.0. The summed E-state index contributed by atoms with van der Waals surface area (Å²) >= 11 is 0. The van der Waals surface area contributed by atoms with Crippen LogP contribution in [0.4, 0.5) is 34.1 Å². The fraction of sp³-hybridized carbons (Fsp3) is 0.179. The molecule has 0 bridgehead atoms. The second-order valence-corrected chi connectivity index (χ2v) is 16.2. The zero-order valence-electron chi connectivity index (χ0n) is 35.9. The second kappa shape index (κ2) is 17.0. The van der Waals surface area contributed by atoms with Crippen LogP contribution in [0.5, 0.6) is 0 Å². The second-order valence-electron chi connectivity index (χ2n) is 16.2. The van der Waals surface area contributed by atoms with Crippen molar-refractivity contribution in [1.82, 2.24) is 0 Å². The van der Waals surface area contributed by atoms with Crippen molar-refractivity contribution < 1.29 is 0 Å². The molecule has 0 amide bonds. The predicted molar refractivity (Wildman–Crippen MR) is 254 cm³/mol. The molecule has 0 spiro atoms. The third-order valence-corrected chi connectivity index (χ3v) is 11.7. The van der Waals surface area contributed by atoms with E-state index in [0.717, 1.165) is 11.4 Å². The topological polar surface area (TPSA) is 6.48 Å². The average molecular weight is 757 g/mol. The zero-order chi connectivity index (χ0) is 41.1. The van der Waals surface area contributed by atoms with Crippen LogP contribution < -0.4 is 9.80 Å². The van der Waals surface area contributed by atoms with Crippen LogP contribution in [0.3, 0.4) is 0 Å². The Morgan fingerprint density at radius 2 is 0.621 bits per heavy atom. The molecule has 0 unspecified atom stereocenters. The first-order chi connectivity index (χ1) is 27.8. The van der Waals surface area contributed by atoms with Crippen LogP contribution in [0.2, 0.25) is 0 Å². The quantitative estimate of drug-likeness (QED) is 0.128. The Labute approximate surface area is 347 Å². The minimum Gasteiger partial charge on any atom is -0.310 e. The molecule has 0 radical (unpaired) electrons. The molecule has 0 atom stereocenters. The van der Waals surface area contributed by atoms with E-state index >= 15 is 0 Å². The van der Waals surface area contributed by atoms with E-state index in [0.29, 0.717) is 0 Å². The monoisotopic (exact) mass is 756 g/mol. The van der Waals surface area contributed by atoms with Crippen molar-refractivity contribution in [2.75, 3.05) is 9.80 Å². The lowest BCUT2D eigenvalue weighted by molar-refractivity contribution is 1.21. The minimum atomic E-state index is 1.16. The van der Waals surface area contributed by atoms with Gasteiger partial charge < -0.3 is 9.80 Å². The molecule has 7 aromatic carbocycles. The number of nitrogens with zero attached hydrogens (tertiary/aromatic N) is 2. The molecule has 0 fully saturated rings. The van der Waals surface area contributed by atoms with Crippen LogP contribution in [-0.4, -0.2) is 0 Å². The fourth-order valence-corrected chi connectivity index (χ4v) is 7.77. The number of rotatable bonds is 10. The summed E-state index contributed by atoms with van der Waals surface area (Å²) in [6.07, 6.45) is 8.87. The maximum absolute atomic E-state index is 2.38. The van der Waals surface area contributed by atoms with Crippen molar-refractivity contribution >= 4 is 58.4 Å². The smallest absolute Gasteiger partial charge is 0.0467 e. The van der Waals surface area contributed by atoms with Crippen molar-refractivity contribution in [2.45, 2.75) is 69.2 Å². The van der Waals surface area contributed by atoms with E-state index in [4.69, 9.17) is 0 Å². The van der Waals surface area contributed by atoms with Gasteiger partial charge in [-0.05, 0) is 220 Å². The van der Waals surface area contributed by atoms with Crippen molar-refractivity contribution in [1.29, 1.82) is 0 Å². The van der Waals surface area contributed by atoms with E-state index < -0.39 is 0 Å². The molecule has 0 aromatic heterocycles. The van der Waals surface area contributed by atoms with Gasteiger partial charge in [0.05, 0.1) is 0 Å². The van der Waals surface area contributed by atoms with Gasteiger partial charge in [-0.2, -0.15) is 0 Å². The van der Waals surface area contributed by atoms with Gasteiger partial charge in [0.25, 0.3) is 0 Å². The van der Waals surface area contributed by atoms with E-state index in [-0.39, 0.29) is 0 Å². The molecule has 0 saturated heterocycles. The number of benzene rings is 7. The number of hydrogen-bond acceptors (Lipinski definition) is 2. The molecule has 0 heterocycles. The van der Waals surface area contributed by atoms with Gasteiger partial charge >= 0.3 is 0 Å². The van der Waals surface area contributed by atoms with Gasteiger partial charge in [-0.1, -0.05) is 85.0 Å². The van der Waals surface area contributed by atoms with Crippen molar-refractivity contribution in [3.8, 4) is 0 Å². The van der Waals surface area contributed by atoms with Crippen molar-refractivity contribution in [2.24, 2.45) is 0 Å². The van der Waals surface area contributed by atoms with Crippen molar-refractivity contribution in [3.05, 3.63) is 211 Å². The van der Waals surface area contributed by atoms with E-state index in [1.807, 2.05) is 0 Å². The Hall–Kier alpha value is -6.38. The van der Waals surface area contributed by atoms with Crippen LogP contribution in [0.15, 0.2) is 133 Å². The third kappa shape index (κ3) is 8.77. The number of aryl methyl sites for hydroxylation is 8. The van der Waals surface area contributed by atoms with Gasteiger partial charge in [-0.15, -0.1) is 0 Å². The number of hydrogen-bond donors (Lipinski definition) is 0. The van der Waals surface area contributed by atoms with E-state index in [9.17, 15) is 0 Å². The van der Waals surface area contributed by atoms with E-state index in [2.05, 4.69) is 237 Å². The van der Waals surface area contributed by atoms with Gasteiger partial charge in [0, 0.05) is 34.1 Å². The van der Waals surface area contributed by atoms with Gasteiger partial charge in [0.1, 0.15) is 0 Å². The highest BCUT2D eigenvalue weighted by molar-refractivity contribution is 5.82. The third-order valence-electron chi connectivity index (χ3n) is 11.7. The molecule has 0 aliphatic carbocycles. The van der Waals surface area contributed by atoms with Gasteiger partial charge in [-0.3, -0.25) is 0 Å². The first-order valence-electron chi connectivity index (χ1n) is 20.4. The standard InChI is InChI=1S/C56H56N2/c1-37-13-11-15-51(29-37)57(55-31-39(3)45(9)40(4)32-55)53-27-25-49(43(7)35-53)23-21-47-17-19-48(20-18-47)22-24-50-26-28-54(36-44(50)8)58(52-16-12-14-38(2)30-52)56-33-41(5)46(10)42(6)34-56/h11-36H,1-10H3/b23-21+,24-22+.